The first-order chi connectivity index (χ1) is 9.26. The van der Waals surface area contributed by atoms with Crippen LogP contribution in [-0.2, 0) is 0 Å². The second kappa shape index (κ2) is 5.29. The third-order valence-electron chi connectivity index (χ3n) is 2.88. The summed E-state index contributed by atoms with van der Waals surface area (Å²) in [5.41, 5.74) is 0.154. The molecule has 0 aliphatic carbocycles. The molecular weight excluding hydrogens is 279 g/mol. The van der Waals surface area contributed by atoms with Gasteiger partial charge in [0.15, 0.2) is 0 Å². The van der Waals surface area contributed by atoms with E-state index in [-0.39, 0.29) is 18.7 Å². The molecule has 1 saturated heterocycles. The number of β-amino-alcohol motifs (C(OH)–C–C–N with tert-alkyl or cyclic N) is 2. The van der Waals surface area contributed by atoms with Gasteiger partial charge in [0.1, 0.15) is 5.75 Å². The van der Waals surface area contributed by atoms with Crippen LogP contribution >= 0.6 is 0 Å². The molecule has 2 N–H and O–H groups in total. The van der Waals surface area contributed by atoms with Crippen LogP contribution in [0.4, 0.5) is 13.2 Å². The number of rotatable bonds is 2. The molecule has 110 valence electrons. The van der Waals surface area contributed by atoms with Gasteiger partial charge in [-0.1, -0.05) is 0 Å². The third kappa shape index (κ3) is 3.40. The van der Waals surface area contributed by atoms with Gasteiger partial charge >= 0.3 is 6.36 Å². The number of alkyl halides is 3. The van der Waals surface area contributed by atoms with Crippen LogP contribution in [0.3, 0.4) is 0 Å². The topological polar surface area (TPSA) is 70.0 Å². The monoisotopic (exact) mass is 291 g/mol. The maximum Gasteiger partial charge on any atom is 0.573 e. The minimum atomic E-state index is -4.78. The lowest BCUT2D eigenvalue weighted by Crippen LogP contribution is -2.29. The van der Waals surface area contributed by atoms with E-state index in [0.717, 1.165) is 12.1 Å². The normalized spacial score (nSPS) is 22.9. The lowest BCUT2D eigenvalue weighted by atomic mass is 10.2. The van der Waals surface area contributed by atoms with Crippen molar-refractivity contribution in [1.82, 2.24) is 4.90 Å². The van der Waals surface area contributed by atoms with E-state index in [1.807, 2.05) is 0 Å². The smallest absolute Gasteiger partial charge is 0.406 e. The summed E-state index contributed by atoms with van der Waals surface area (Å²) in [4.78, 5) is 13.2. The number of hydrogen-bond acceptors (Lipinski definition) is 4. The van der Waals surface area contributed by atoms with Crippen molar-refractivity contribution in [3.05, 3.63) is 29.8 Å². The van der Waals surface area contributed by atoms with Gasteiger partial charge in [-0.2, -0.15) is 0 Å². The zero-order valence-electron chi connectivity index (χ0n) is 10.2. The largest absolute Gasteiger partial charge is 0.573 e. The average molecular weight is 291 g/mol. The van der Waals surface area contributed by atoms with Crippen molar-refractivity contribution >= 4 is 5.91 Å². The van der Waals surface area contributed by atoms with Crippen LogP contribution in [0.1, 0.15) is 10.4 Å². The minimum Gasteiger partial charge on any atom is -0.406 e. The van der Waals surface area contributed by atoms with E-state index in [0.29, 0.717) is 0 Å². The number of aliphatic hydroxyl groups excluding tert-OH is 2. The molecule has 1 amide bonds. The molecule has 0 saturated carbocycles. The summed E-state index contributed by atoms with van der Waals surface area (Å²) in [6.45, 7) is -0.0262. The van der Waals surface area contributed by atoms with Crippen molar-refractivity contribution in [3.8, 4) is 5.75 Å². The van der Waals surface area contributed by atoms with Gasteiger partial charge in [-0.3, -0.25) is 4.79 Å². The molecule has 2 atom stereocenters. The number of nitrogens with zero attached hydrogens (tertiary/aromatic N) is 1. The number of likely N-dealkylation sites (tertiary alicyclic amines) is 1. The standard InChI is InChI=1S/C12H12F3NO4/c13-12(14,15)20-8-3-1-7(2-4-8)11(19)16-5-9(17)10(18)6-16/h1-4,9-10,17-18H,5-6H2. The molecule has 1 heterocycles. The van der Waals surface area contributed by atoms with Crippen LogP contribution in [-0.4, -0.2) is 52.7 Å². The molecule has 20 heavy (non-hydrogen) atoms. The van der Waals surface area contributed by atoms with Gasteiger partial charge in [-0.25, -0.2) is 0 Å². The van der Waals surface area contributed by atoms with Gasteiger partial charge in [0, 0.05) is 18.7 Å². The third-order valence-corrected chi connectivity index (χ3v) is 2.88. The molecule has 0 aromatic heterocycles. The SMILES string of the molecule is O=C(c1ccc(OC(F)(F)F)cc1)N1CC(O)C(O)C1. The van der Waals surface area contributed by atoms with Crippen LogP contribution in [0.5, 0.6) is 5.75 Å². The van der Waals surface area contributed by atoms with Gasteiger partial charge in [-0.05, 0) is 24.3 Å². The molecule has 1 aromatic carbocycles. The van der Waals surface area contributed by atoms with Crippen LogP contribution in [0, 0.1) is 0 Å². The second-order valence-corrected chi connectivity index (χ2v) is 4.42. The van der Waals surface area contributed by atoms with Gasteiger partial charge in [0.05, 0.1) is 12.2 Å². The summed E-state index contributed by atoms with van der Waals surface area (Å²) in [7, 11) is 0. The number of ether oxygens (including phenoxy) is 1. The Morgan fingerprint density at radius 3 is 2.10 bits per heavy atom. The lowest BCUT2D eigenvalue weighted by Gasteiger charge is -2.15. The zero-order chi connectivity index (χ0) is 14.9. The molecule has 8 heteroatoms. The van der Waals surface area contributed by atoms with Gasteiger partial charge < -0.3 is 19.8 Å². The quantitative estimate of drug-likeness (QED) is 0.844. The highest BCUT2D eigenvalue weighted by molar-refractivity contribution is 5.94. The Morgan fingerprint density at radius 2 is 1.65 bits per heavy atom. The Bertz CT molecular complexity index is 478. The Kier molecular flexibility index (Phi) is 3.87. The number of carbonyl (C=O) groups excluding carboxylic acids is 1. The second-order valence-electron chi connectivity index (χ2n) is 4.42. The Labute approximate surface area is 112 Å². The van der Waals surface area contributed by atoms with E-state index in [2.05, 4.69) is 4.74 Å². The summed E-state index contributed by atoms with van der Waals surface area (Å²) >= 11 is 0. The number of halogens is 3. The van der Waals surface area contributed by atoms with Gasteiger partial charge in [0.25, 0.3) is 5.91 Å². The highest BCUT2D eigenvalue weighted by Gasteiger charge is 2.33. The fourth-order valence-electron chi connectivity index (χ4n) is 1.92. The molecule has 0 radical (unpaired) electrons. The molecule has 1 aliphatic rings. The first kappa shape index (κ1) is 14.6. The first-order valence-electron chi connectivity index (χ1n) is 5.77. The van der Waals surface area contributed by atoms with Crippen molar-refractivity contribution in [2.24, 2.45) is 0 Å². The number of amides is 1. The Hall–Kier alpha value is -1.80. The summed E-state index contributed by atoms with van der Waals surface area (Å²) in [5, 5.41) is 18.7. The van der Waals surface area contributed by atoms with E-state index in [1.165, 1.54) is 17.0 Å². The van der Waals surface area contributed by atoms with E-state index in [1.54, 1.807) is 0 Å². The van der Waals surface area contributed by atoms with Crippen molar-refractivity contribution in [1.29, 1.82) is 0 Å². The Morgan fingerprint density at radius 1 is 1.15 bits per heavy atom. The van der Waals surface area contributed by atoms with Crippen LogP contribution < -0.4 is 4.74 Å². The van der Waals surface area contributed by atoms with E-state index in [4.69, 9.17) is 0 Å². The first-order valence-corrected chi connectivity index (χ1v) is 5.77. The van der Waals surface area contributed by atoms with Crippen molar-refractivity contribution < 1.29 is 32.9 Å². The Balaban J connectivity index is 2.05. The summed E-state index contributed by atoms with van der Waals surface area (Å²) < 4.78 is 39.6. The molecule has 1 fully saturated rings. The van der Waals surface area contributed by atoms with Crippen LogP contribution in [0.25, 0.3) is 0 Å². The molecule has 2 rings (SSSR count). The number of carbonyl (C=O) groups is 1. The minimum absolute atomic E-state index is 0.0131. The van der Waals surface area contributed by atoms with Crippen LogP contribution in [0.2, 0.25) is 0 Å². The summed E-state index contributed by atoms with van der Waals surface area (Å²) in [6, 6.07) is 4.45. The highest BCUT2D eigenvalue weighted by Crippen LogP contribution is 2.23. The van der Waals surface area contributed by atoms with Gasteiger partial charge in [-0.15, -0.1) is 13.2 Å². The highest BCUT2D eigenvalue weighted by atomic mass is 19.4. The number of hydrogen-bond donors (Lipinski definition) is 2. The van der Waals surface area contributed by atoms with Crippen molar-refractivity contribution in [3.63, 3.8) is 0 Å². The molecule has 0 spiro atoms. The molecule has 2 unspecified atom stereocenters. The fraction of sp³-hybridized carbons (Fsp3) is 0.417. The van der Waals surface area contributed by atoms with Crippen LogP contribution in [0.15, 0.2) is 24.3 Å². The zero-order valence-corrected chi connectivity index (χ0v) is 10.2. The lowest BCUT2D eigenvalue weighted by molar-refractivity contribution is -0.274. The summed E-state index contributed by atoms with van der Waals surface area (Å²) in [6.07, 6.45) is -6.80. The number of aliphatic hydroxyl groups is 2. The van der Waals surface area contributed by atoms with E-state index >= 15 is 0 Å². The molecule has 5 nitrogen and oxygen atoms in total. The van der Waals surface area contributed by atoms with E-state index in [9.17, 15) is 28.2 Å². The molecule has 1 aliphatic heterocycles. The van der Waals surface area contributed by atoms with Crippen molar-refractivity contribution in [2.75, 3.05) is 13.1 Å². The predicted molar refractivity (Wildman–Crippen MR) is 61.0 cm³/mol. The maximum absolute atomic E-state index is 12.0. The van der Waals surface area contributed by atoms with Gasteiger partial charge in [0.2, 0.25) is 0 Å². The molecule has 0 bridgehead atoms. The van der Waals surface area contributed by atoms with Crippen molar-refractivity contribution in [2.45, 2.75) is 18.6 Å². The average Bonchev–Trinajstić information content (AvgIpc) is 2.68. The summed E-state index contributed by atoms with van der Waals surface area (Å²) in [5.74, 6) is -0.894. The van der Waals surface area contributed by atoms with E-state index < -0.39 is 30.2 Å². The molecular formula is C12H12F3NO4. The fourth-order valence-corrected chi connectivity index (χ4v) is 1.92. The maximum atomic E-state index is 12.0. The molecule has 1 aromatic rings. The predicted octanol–water partition coefficient (Wildman–Crippen LogP) is 0.763. The number of benzene rings is 1.